The first-order valence-electron chi connectivity index (χ1n) is 9.57. The minimum Gasteiger partial charge on any atom is -0.440 e. The lowest BCUT2D eigenvalue weighted by atomic mass is 9.91. The molecule has 1 amide bonds. The Balaban J connectivity index is 1.29. The molecule has 27 heavy (non-hydrogen) atoms. The maximum absolute atomic E-state index is 13.2. The van der Waals surface area contributed by atoms with Gasteiger partial charge in [-0.25, -0.2) is 4.98 Å². The van der Waals surface area contributed by atoms with Crippen molar-refractivity contribution in [1.29, 1.82) is 0 Å². The Morgan fingerprint density at radius 1 is 1.11 bits per heavy atom. The maximum atomic E-state index is 13.2. The first kappa shape index (κ1) is 16.8. The van der Waals surface area contributed by atoms with Gasteiger partial charge in [-0.05, 0) is 55.5 Å². The summed E-state index contributed by atoms with van der Waals surface area (Å²) in [6.07, 6.45) is 3.61. The topological polar surface area (TPSA) is 46.3 Å². The van der Waals surface area contributed by atoms with Gasteiger partial charge in [0, 0.05) is 24.0 Å². The monoisotopic (exact) mass is 380 g/mol. The number of halogens is 1. The minimum atomic E-state index is -0.352. The number of oxazole rings is 1. The summed E-state index contributed by atoms with van der Waals surface area (Å²) in [5.41, 5.74) is 2.45. The molecule has 2 heterocycles. The number of rotatable bonds is 3. The zero-order valence-electron chi connectivity index (χ0n) is 15.0. The first-order valence-corrected chi connectivity index (χ1v) is 9.94. The van der Waals surface area contributed by atoms with Crippen LogP contribution in [0.15, 0.2) is 52.9 Å². The largest absolute Gasteiger partial charge is 0.440 e. The number of amides is 1. The highest BCUT2D eigenvalue weighted by Crippen LogP contribution is 2.50. The molecule has 1 aromatic heterocycles. The Morgan fingerprint density at radius 2 is 1.89 bits per heavy atom. The highest BCUT2D eigenvalue weighted by Gasteiger charge is 2.53. The molecule has 138 valence electrons. The van der Waals surface area contributed by atoms with E-state index in [0.717, 1.165) is 61.3 Å². The van der Waals surface area contributed by atoms with Crippen molar-refractivity contribution in [3.05, 3.63) is 65.0 Å². The third-order valence-corrected chi connectivity index (χ3v) is 6.21. The van der Waals surface area contributed by atoms with Gasteiger partial charge in [-0.1, -0.05) is 35.9 Å². The number of fused-ring (bicyclic) bond motifs is 1. The van der Waals surface area contributed by atoms with Gasteiger partial charge in [0.2, 0.25) is 5.91 Å². The second-order valence-corrected chi connectivity index (χ2v) is 8.12. The molecule has 1 aliphatic heterocycles. The molecule has 0 unspecified atom stereocenters. The van der Waals surface area contributed by atoms with Crippen LogP contribution in [0.25, 0.3) is 11.1 Å². The van der Waals surface area contributed by atoms with Crippen molar-refractivity contribution in [3.63, 3.8) is 0 Å². The number of piperidine rings is 1. The molecule has 2 aromatic carbocycles. The normalized spacial score (nSPS) is 19.4. The van der Waals surface area contributed by atoms with Gasteiger partial charge in [-0.2, -0.15) is 0 Å². The van der Waals surface area contributed by atoms with E-state index < -0.39 is 0 Å². The van der Waals surface area contributed by atoms with Crippen molar-refractivity contribution in [2.75, 3.05) is 13.1 Å². The number of aromatic nitrogens is 1. The molecule has 2 fully saturated rings. The van der Waals surface area contributed by atoms with Crippen LogP contribution in [-0.4, -0.2) is 28.9 Å². The lowest BCUT2D eigenvalue weighted by molar-refractivity contribution is -0.135. The predicted molar refractivity (Wildman–Crippen MR) is 105 cm³/mol. The van der Waals surface area contributed by atoms with Crippen LogP contribution >= 0.6 is 11.6 Å². The third kappa shape index (κ3) is 2.92. The molecule has 0 atom stereocenters. The molecular weight excluding hydrogens is 360 g/mol. The molecule has 0 bridgehead atoms. The Morgan fingerprint density at radius 3 is 2.59 bits per heavy atom. The highest BCUT2D eigenvalue weighted by molar-refractivity contribution is 6.30. The van der Waals surface area contributed by atoms with E-state index in [1.165, 1.54) is 0 Å². The highest BCUT2D eigenvalue weighted by atomic mass is 35.5. The standard InChI is InChI=1S/C22H21ClN2O2/c23-17-5-3-4-16(14-17)22(10-11-22)21(26)25-12-8-15(9-13-25)20-24-18-6-1-2-7-19(18)27-20/h1-7,14-15H,8-13H2. The van der Waals surface area contributed by atoms with Gasteiger partial charge < -0.3 is 9.32 Å². The minimum absolute atomic E-state index is 0.251. The second kappa shape index (κ2) is 6.38. The average Bonchev–Trinajstić information content (AvgIpc) is 3.40. The molecular formula is C22H21ClN2O2. The zero-order chi connectivity index (χ0) is 18.4. The SMILES string of the molecule is O=C(N1CCC(c2nc3ccccc3o2)CC1)C1(c2cccc(Cl)c2)CC1. The molecule has 3 aromatic rings. The Kier molecular flexibility index (Phi) is 3.97. The maximum Gasteiger partial charge on any atom is 0.233 e. The fourth-order valence-corrected chi connectivity index (χ4v) is 4.42. The molecule has 1 aliphatic carbocycles. The average molecular weight is 381 g/mol. The number of para-hydroxylation sites is 2. The fourth-order valence-electron chi connectivity index (χ4n) is 4.23. The van der Waals surface area contributed by atoms with Crippen LogP contribution in [0.3, 0.4) is 0 Å². The van der Waals surface area contributed by atoms with Crippen LogP contribution in [0.2, 0.25) is 5.02 Å². The number of hydrogen-bond acceptors (Lipinski definition) is 3. The van der Waals surface area contributed by atoms with E-state index >= 15 is 0 Å². The molecule has 0 N–H and O–H groups in total. The summed E-state index contributed by atoms with van der Waals surface area (Å²) in [5.74, 6) is 1.34. The van der Waals surface area contributed by atoms with Crippen LogP contribution in [0.1, 0.15) is 43.1 Å². The third-order valence-electron chi connectivity index (χ3n) is 5.98. The summed E-state index contributed by atoms with van der Waals surface area (Å²) in [6, 6.07) is 15.6. The van der Waals surface area contributed by atoms with Gasteiger partial charge in [0.25, 0.3) is 0 Å². The van der Waals surface area contributed by atoms with E-state index in [4.69, 9.17) is 16.0 Å². The Hall–Kier alpha value is -2.33. The molecule has 0 radical (unpaired) electrons. The van der Waals surface area contributed by atoms with Crippen LogP contribution in [0.4, 0.5) is 0 Å². The van der Waals surface area contributed by atoms with E-state index in [0.29, 0.717) is 5.02 Å². The molecule has 5 rings (SSSR count). The molecule has 0 spiro atoms. The lowest BCUT2D eigenvalue weighted by Gasteiger charge is -2.33. The molecule has 4 nitrogen and oxygen atoms in total. The lowest BCUT2D eigenvalue weighted by Crippen LogP contribution is -2.43. The summed E-state index contributed by atoms with van der Waals surface area (Å²) >= 11 is 6.15. The summed E-state index contributed by atoms with van der Waals surface area (Å²) < 4.78 is 5.94. The number of likely N-dealkylation sites (tertiary alicyclic amines) is 1. The van der Waals surface area contributed by atoms with Gasteiger partial charge in [0.05, 0.1) is 5.41 Å². The summed E-state index contributed by atoms with van der Waals surface area (Å²) in [4.78, 5) is 19.9. The van der Waals surface area contributed by atoms with Crippen LogP contribution in [0.5, 0.6) is 0 Å². The number of carbonyl (C=O) groups excluding carboxylic acids is 1. The van der Waals surface area contributed by atoms with Crippen LogP contribution < -0.4 is 0 Å². The van der Waals surface area contributed by atoms with Crippen molar-refractivity contribution in [1.82, 2.24) is 9.88 Å². The number of carbonyl (C=O) groups is 1. The van der Waals surface area contributed by atoms with Crippen molar-refractivity contribution in [2.45, 2.75) is 37.0 Å². The van der Waals surface area contributed by atoms with E-state index in [1.54, 1.807) is 0 Å². The van der Waals surface area contributed by atoms with E-state index in [9.17, 15) is 4.79 Å². The molecule has 1 saturated carbocycles. The molecule has 5 heteroatoms. The number of nitrogens with zero attached hydrogens (tertiary/aromatic N) is 2. The van der Waals surface area contributed by atoms with E-state index in [1.807, 2.05) is 53.4 Å². The second-order valence-electron chi connectivity index (χ2n) is 7.68. The van der Waals surface area contributed by atoms with Crippen molar-refractivity contribution in [2.24, 2.45) is 0 Å². The van der Waals surface area contributed by atoms with Gasteiger partial charge in [-0.3, -0.25) is 4.79 Å². The first-order chi connectivity index (χ1) is 13.2. The Bertz CT molecular complexity index is 967. The number of hydrogen-bond donors (Lipinski definition) is 0. The molecule has 2 aliphatic rings. The number of benzene rings is 2. The van der Waals surface area contributed by atoms with Gasteiger partial charge >= 0.3 is 0 Å². The summed E-state index contributed by atoms with van der Waals surface area (Å²) in [5, 5.41) is 0.696. The van der Waals surface area contributed by atoms with Gasteiger partial charge in [0.15, 0.2) is 11.5 Å². The smallest absolute Gasteiger partial charge is 0.233 e. The summed E-state index contributed by atoms with van der Waals surface area (Å²) in [6.45, 7) is 1.51. The van der Waals surface area contributed by atoms with Crippen molar-refractivity contribution in [3.8, 4) is 0 Å². The van der Waals surface area contributed by atoms with Crippen LogP contribution in [0, 0.1) is 0 Å². The quantitative estimate of drug-likeness (QED) is 0.648. The Labute approximate surface area is 163 Å². The predicted octanol–water partition coefficient (Wildman–Crippen LogP) is 4.92. The van der Waals surface area contributed by atoms with E-state index in [2.05, 4.69) is 4.98 Å². The fraction of sp³-hybridized carbons (Fsp3) is 0.364. The van der Waals surface area contributed by atoms with E-state index in [-0.39, 0.29) is 17.2 Å². The van der Waals surface area contributed by atoms with Crippen molar-refractivity contribution < 1.29 is 9.21 Å². The van der Waals surface area contributed by atoms with Gasteiger partial charge in [0.1, 0.15) is 5.52 Å². The van der Waals surface area contributed by atoms with Crippen LogP contribution in [-0.2, 0) is 10.2 Å². The van der Waals surface area contributed by atoms with Crippen molar-refractivity contribution >= 4 is 28.6 Å². The zero-order valence-corrected chi connectivity index (χ0v) is 15.8. The summed E-state index contributed by atoms with van der Waals surface area (Å²) in [7, 11) is 0. The molecule has 1 saturated heterocycles. The van der Waals surface area contributed by atoms with Gasteiger partial charge in [-0.15, -0.1) is 0 Å².